The van der Waals surface area contributed by atoms with Crippen molar-refractivity contribution in [1.82, 2.24) is 9.91 Å². The minimum Gasteiger partial charge on any atom is -0.493 e. The van der Waals surface area contributed by atoms with Crippen molar-refractivity contribution in [3.63, 3.8) is 0 Å². The molecule has 0 radical (unpaired) electrons. The first-order valence-electron chi connectivity index (χ1n) is 12.2. The second-order valence-electron chi connectivity index (χ2n) is 8.92. The van der Waals surface area contributed by atoms with E-state index in [0.29, 0.717) is 27.7 Å². The molecule has 0 unspecified atom stereocenters. The number of nitrogens with zero attached hydrogens (tertiary/aromatic N) is 4. The quantitative estimate of drug-likeness (QED) is 0.526. The van der Waals surface area contributed by atoms with Gasteiger partial charge in [0.05, 0.1) is 19.1 Å². The molecule has 0 aromatic heterocycles. The molecule has 1 N–H and O–H groups in total. The van der Waals surface area contributed by atoms with Gasteiger partial charge in [-0.15, -0.1) is 0 Å². The lowest BCUT2D eigenvalue weighted by molar-refractivity contribution is -0.130. The first-order valence-corrected chi connectivity index (χ1v) is 13.1. The second kappa shape index (κ2) is 11.2. The van der Waals surface area contributed by atoms with Gasteiger partial charge in [0.1, 0.15) is 17.5 Å². The zero-order valence-corrected chi connectivity index (χ0v) is 21.6. The zero-order chi connectivity index (χ0) is 26.6. The summed E-state index contributed by atoms with van der Waals surface area (Å²) in [5, 5.41) is 15.1. The molecule has 11 heteroatoms. The number of amidine groups is 2. The molecule has 2 aromatic rings. The van der Waals surface area contributed by atoms with Gasteiger partial charge in [0.25, 0.3) is 5.91 Å². The fourth-order valence-electron chi connectivity index (χ4n) is 4.32. The number of methoxy groups -OCH3 is 1. The summed E-state index contributed by atoms with van der Waals surface area (Å²) in [4.78, 5) is 31.4. The summed E-state index contributed by atoms with van der Waals surface area (Å²) >= 11 is 1.14. The van der Waals surface area contributed by atoms with Crippen LogP contribution in [-0.2, 0) is 16.2 Å². The van der Waals surface area contributed by atoms with Crippen LogP contribution in [0.4, 0.5) is 4.39 Å². The molecule has 0 aliphatic carbocycles. The van der Waals surface area contributed by atoms with Gasteiger partial charge in [0.2, 0.25) is 11.1 Å². The average molecular weight is 536 g/mol. The number of thioether (sulfide) groups is 1. The maximum atomic E-state index is 13.9. The molecule has 5 rings (SSSR count). The number of benzene rings is 2. The number of hydrogen-bond acceptors (Lipinski definition) is 7. The van der Waals surface area contributed by atoms with Crippen LogP contribution in [0, 0.1) is 11.2 Å². The molecule has 3 heterocycles. The van der Waals surface area contributed by atoms with Gasteiger partial charge in [-0.3, -0.25) is 15.0 Å². The Bertz CT molecular complexity index is 1380. The zero-order valence-electron chi connectivity index (χ0n) is 20.8. The molecule has 2 amide bonds. The minimum absolute atomic E-state index is 0.00516. The Morgan fingerprint density at radius 1 is 1.16 bits per heavy atom. The number of carbonyl (C=O) groups excluding carboxylic acids is 2. The normalized spacial score (nSPS) is 18.3. The van der Waals surface area contributed by atoms with Gasteiger partial charge >= 0.3 is 0 Å². The number of carbonyl (C=O) groups is 2. The van der Waals surface area contributed by atoms with Gasteiger partial charge < -0.3 is 14.4 Å². The van der Waals surface area contributed by atoms with E-state index in [1.54, 1.807) is 36.4 Å². The highest BCUT2D eigenvalue weighted by atomic mass is 32.2. The molecule has 9 nitrogen and oxygen atoms in total. The van der Waals surface area contributed by atoms with Crippen LogP contribution in [0.1, 0.15) is 36.8 Å². The maximum Gasteiger partial charge on any atom is 0.283 e. The molecular formula is C27H26FN5O4S. The topological polar surface area (TPSA) is 108 Å². The molecule has 3 aliphatic heterocycles. The summed E-state index contributed by atoms with van der Waals surface area (Å²) < 4.78 is 25.1. The number of amides is 2. The Morgan fingerprint density at radius 2 is 1.95 bits per heavy atom. The Labute approximate surface area is 223 Å². The number of rotatable bonds is 7. The molecule has 2 aromatic carbocycles. The van der Waals surface area contributed by atoms with E-state index in [-0.39, 0.29) is 41.3 Å². The van der Waals surface area contributed by atoms with Crippen molar-refractivity contribution in [2.24, 2.45) is 10.1 Å². The molecule has 0 atom stereocenters. The molecular weight excluding hydrogens is 509 g/mol. The highest BCUT2D eigenvalue weighted by Gasteiger charge is 2.36. The van der Waals surface area contributed by atoms with Gasteiger partial charge in [-0.1, -0.05) is 24.3 Å². The second-order valence-corrected chi connectivity index (χ2v) is 9.96. The van der Waals surface area contributed by atoms with E-state index >= 15 is 0 Å². The predicted molar refractivity (Wildman–Crippen MR) is 144 cm³/mol. The lowest BCUT2D eigenvalue weighted by Gasteiger charge is -2.26. The van der Waals surface area contributed by atoms with Gasteiger partial charge in [-0.05, 0) is 60.9 Å². The van der Waals surface area contributed by atoms with E-state index in [4.69, 9.17) is 14.9 Å². The number of nitrogens with one attached hydrogen (secondary N) is 1. The molecule has 0 spiro atoms. The molecule has 0 bridgehead atoms. The van der Waals surface area contributed by atoms with Crippen molar-refractivity contribution in [3.05, 3.63) is 65.0 Å². The summed E-state index contributed by atoms with van der Waals surface area (Å²) in [6, 6.07) is 11.4. The van der Waals surface area contributed by atoms with Crippen LogP contribution >= 0.6 is 11.8 Å². The molecule has 196 valence electrons. The summed E-state index contributed by atoms with van der Waals surface area (Å²) in [5.41, 5.74) is 1.06. The maximum absolute atomic E-state index is 13.9. The number of hydrogen-bond donors (Lipinski definition) is 1. The van der Waals surface area contributed by atoms with Crippen LogP contribution < -0.4 is 9.47 Å². The third-order valence-electron chi connectivity index (χ3n) is 6.35. The van der Waals surface area contributed by atoms with Gasteiger partial charge in [0, 0.05) is 18.7 Å². The van der Waals surface area contributed by atoms with Crippen LogP contribution in [0.2, 0.25) is 0 Å². The fourth-order valence-corrected chi connectivity index (χ4v) is 5.19. The Morgan fingerprint density at radius 3 is 2.71 bits per heavy atom. The van der Waals surface area contributed by atoms with Crippen LogP contribution in [0.3, 0.4) is 0 Å². The van der Waals surface area contributed by atoms with Crippen molar-refractivity contribution < 1.29 is 23.5 Å². The standard InChI is InChI=1S/C27H26FN5O4S/c1-36-22-14-17(9-10-21(22)37-16-18-7-3-4-8-20(18)28)13-19-25(29)33-27(30-26(19)35)38-23(31-33)15-24(34)32-11-5-2-6-12-32/h3-4,7-10,13-14,29H,2,5-6,11-12,15-16H2,1H3/b19-13-,29-25?. The number of piperidine rings is 1. The Balaban J connectivity index is 1.30. The van der Waals surface area contributed by atoms with Crippen molar-refractivity contribution in [2.45, 2.75) is 32.3 Å². The third-order valence-corrected chi connectivity index (χ3v) is 7.26. The highest BCUT2D eigenvalue weighted by molar-refractivity contribution is 8.27. The highest BCUT2D eigenvalue weighted by Crippen LogP contribution is 2.32. The number of ether oxygens (including phenoxy) is 2. The van der Waals surface area contributed by atoms with Gasteiger partial charge in [-0.25, -0.2) is 4.39 Å². The van der Waals surface area contributed by atoms with Crippen LogP contribution in [-0.4, -0.2) is 58.0 Å². The lowest BCUT2D eigenvalue weighted by atomic mass is 10.1. The monoisotopic (exact) mass is 535 g/mol. The Hall–Kier alpha value is -3.99. The smallest absolute Gasteiger partial charge is 0.283 e. The van der Waals surface area contributed by atoms with Crippen molar-refractivity contribution >= 4 is 45.7 Å². The third kappa shape index (κ3) is 5.47. The van der Waals surface area contributed by atoms with Crippen LogP contribution in [0.25, 0.3) is 6.08 Å². The first-order chi connectivity index (χ1) is 18.4. The summed E-state index contributed by atoms with van der Waals surface area (Å²) in [6.07, 6.45) is 4.78. The number of halogens is 1. The number of fused-ring (bicyclic) bond motifs is 1. The fraction of sp³-hybridized carbons (Fsp3) is 0.296. The van der Waals surface area contributed by atoms with E-state index in [0.717, 1.165) is 44.1 Å². The van der Waals surface area contributed by atoms with E-state index in [9.17, 15) is 14.0 Å². The van der Waals surface area contributed by atoms with Gasteiger partial charge in [-0.2, -0.15) is 15.1 Å². The van der Waals surface area contributed by atoms with Crippen molar-refractivity contribution in [3.8, 4) is 11.5 Å². The summed E-state index contributed by atoms with van der Waals surface area (Å²) in [7, 11) is 1.48. The summed E-state index contributed by atoms with van der Waals surface area (Å²) in [5.74, 6) is -0.244. The molecule has 38 heavy (non-hydrogen) atoms. The lowest BCUT2D eigenvalue weighted by Crippen LogP contribution is -2.36. The predicted octanol–water partition coefficient (Wildman–Crippen LogP) is 4.44. The first kappa shape index (κ1) is 25.7. The minimum atomic E-state index is -0.564. The molecule has 3 aliphatic rings. The molecule has 1 fully saturated rings. The van der Waals surface area contributed by atoms with Crippen LogP contribution in [0.15, 0.2) is 58.1 Å². The Kier molecular flexibility index (Phi) is 7.54. The number of aliphatic imine (C=N–C) groups is 1. The summed E-state index contributed by atoms with van der Waals surface area (Å²) in [6.45, 7) is 1.52. The van der Waals surface area contributed by atoms with E-state index in [2.05, 4.69) is 10.1 Å². The largest absolute Gasteiger partial charge is 0.493 e. The van der Waals surface area contributed by atoms with E-state index in [1.165, 1.54) is 24.3 Å². The molecule has 0 saturated carbocycles. The van der Waals surface area contributed by atoms with Crippen molar-refractivity contribution in [1.29, 1.82) is 5.41 Å². The number of likely N-dealkylation sites (tertiary alicyclic amines) is 1. The van der Waals surface area contributed by atoms with Gasteiger partial charge in [0.15, 0.2) is 17.3 Å². The molecule has 1 saturated heterocycles. The van der Waals surface area contributed by atoms with Crippen molar-refractivity contribution in [2.75, 3.05) is 20.2 Å². The number of hydrazone groups is 1. The van der Waals surface area contributed by atoms with Crippen LogP contribution in [0.5, 0.6) is 11.5 Å². The van der Waals surface area contributed by atoms with E-state index in [1.807, 2.05) is 4.90 Å². The van der Waals surface area contributed by atoms with E-state index < -0.39 is 5.91 Å². The SMILES string of the molecule is COc1cc(/C=C2/C(=N)N3N=C(CC(=O)N4CCCCC4)SC3=NC2=O)ccc1OCc1ccccc1F. The average Bonchev–Trinajstić information content (AvgIpc) is 3.33.